The summed E-state index contributed by atoms with van der Waals surface area (Å²) in [5.74, 6) is 0.135. The van der Waals surface area contributed by atoms with Crippen LogP contribution in [-0.2, 0) is 0 Å². The number of benzene rings is 1. The summed E-state index contributed by atoms with van der Waals surface area (Å²) in [7, 11) is 0. The molecule has 1 rings (SSSR count). The Bertz CT molecular complexity index is 354. The van der Waals surface area contributed by atoms with E-state index in [-0.39, 0.29) is 11.9 Å². The lowest BCUT2D eigenvalue weighted by molar-refractivity contribution is 0.285. The molecule has 0 aliphatic rings. The van der Waals surface area contributed by atoms with Crippen LogP contribution in [0.15, 0.2) is 18.2 Å². The van der Waals surface area contributed by atoms with E-state index in [1.807, 2.05) is 19.9 Å². The minimum Gasteiger partial charge on any atom is -0.490 e. The van der Waals surface area contributed by atoms with Gasteiger partial charge in [-0.25, -0.2) is 4.39 Å². The van der Waals surface area contributed by atoms with Crippen molar-refractivity contribution in [3.05, 3.63) is 29.6 Å². The Morgan fingerprint density at radius 3 is 2.72 bits per heavy atom. The quantitative estimate of drug-likeness (QED) is 0.705. The van der Waals surface area contributed by atoms with Crippen molar-refractivity contribution in [2.75, 3.05) is 13.2 Å². The molecule has 0 saturated heterocycles. The number of hydrogen-bond acceptors (Lipinski definition) is 2. The van der Waals surface area contributed by atoms with Gasteiger partial charge in [0.15, 0.2) is 11.6 Å². The van der Waals surface area contributed by atoms with Crippen molar-refractivity contribution >= 4 is 0 Å². The standard InChI is InChI=1S/C15H24FNO/c1-4-6-7-11-18-15-13(12(3)17-5-2)9-8-10-14(15)16/h8-10,12,17H,4-7,11H2,1-3H3. The lowest BCUT2D eigenvalue weighted by Crippen LogP contribution is -2.19. The maximum Gasteiger partial charge on any atom is 0.165 e. The van der Waals surface area contributed by atoms with Crippen molar-refractivity contribution in [2.24, 2.45) is 0 Å². The lowest BCUT2D eigenvalue weighted by Gasteiger charge is -2.18. The first-order chi connectivity index (χ1) is 8.70. The molecule has 2 nitrogen and oxygen atoms in total. The third kappa shape index (κ3) is 4.30. The Kier molecular flexibility index (Phi) is 6.73. The van der Waals surface area contributed by atoms with Gasteiger partial charge in [0.25, 0.3) is 0 Å². The van der Waals surface area contributed by atoms with E-state index in [1.54, 1.807) is 6.07 Å². The van der Waals surface area contributed by atoms with Gasteiger partial charge < -0.3 is 10.1 Å². The highest BCUT2D eigenvalue weighted by atomic mass is 19.1. The van der Waals surface area contributed by atoms with Crippen LogP contribution in [0.5, 0.6) is 5.75 Å². The van der Waals surface area contributed by atoms with E-state index in [4.69, 9.17) is 4.74 Å². The molecule has 0 saturated carbocycles. The molecule has 1 aromatic rings. The fourth-order valence-corrected chi connectivity index (χ4v) is 1.96. The molecule has 0 fully saturated rings. The van der Waals surface area contributed by atoms with Crippen LogP contribution < -0.4 is 10.1 Å². The van der Waals surface area contributed by atoms with Gasteiger partial charge in [-0.2, -0.15) is 0 Å². The lowest BCUT2D eigenvalue weighted by atomic mass is 10.1. The molecular weight excluding hydrogens is 229 g/mol. The minimum absolute atomic E-state index is 0.104. The molecule has 3 heteroatoms. The monoisotopic (exact) mass is 253 g/mol. The highest BCUT2D eigenvalue weighted by Crippen LogP contribution is 2.28. The zero-order valence-electron chi connectivity index (χ0n) is 11.6. The molecule has 1 atom stereocenters. The molecule has 0 spiro atoms. The van der Waals surface area contributed by atoms with E-state index in [0.717, 1.165) is 31.4 Å². The van der Waals surface area contributed by atoms with Gasteiger partial charge >= 0.3 is 0 Å². The molecule has 0 aliphatic carbocycles. The van der Waals surface area contributed by atoms with Crippen LogP contribution in [0.1, 0.15) is 51.6 Å². The number of ether oxygens (including phenoxy) is 1. The highest BCUT2D eigenvalue weighted by Gasteiger charge is 2.14. The Morgan fingerprint density at radius 1 is 1.28 bits per heavy atom. The molecule has 0 bridgehead atoms. The summed E-state index contributed by atoms with van der Waals surface area (Å²) in [6.07, 6.45) is 3.23. The molecule has 1 unspecified atom stereocenters. The van der Waals surface area contributed by atoms with Crippen LogP contribution in [0.4, 0.5) is 4.39 Å². The second kappa shape index (κ2) is 8.09. The van der Waals surface area contributed by atoms with Gasteiger partial charge in [-0.15, -0.1) is 0 Å². The third-order valence-electron chi connectivity index (χ3n) is 2.97. The van der Waals surface area contributed by atoms with Crippen LogP contribution in [0, 0.1) is 5.82 Å². The first kappa shape index (κ1) is 15.0. The summed E-state index contributed by atoms with van der Waals surface area (Å²) in [5, 5.41) is 3.28. The first-order valence-corrected chi connectivity index (χ1v) is 6.85. The normalized spacial score (nSPS) is 12.4. The second-order valence-corrected chi connectivity index (χ2v) is 4.49. The molecule has 0 aliphatic heterocycles. The highest BCUT2D eigenvalue weighted by molar-refractivity contribution is 5.37. The van der Waals surface area contributed by atoms with Crippen LogP contribution in [-0.4, -0.2) is 13.2 Å². The zero-order valence-corrected chi connectivity index (χ0v) is 11.6. The Morgan fingerprint density at radius 2 is 2.06 bits per heavy atom. The van der Waals surface area contributed by atoms with E-state index >= 15 is 0 Å². The topological polar surface area (TPSA) is 21.3 Å². The summed E-state index contributed by atoms with van der Waals surface area (Å²) in [6.45, 7) is 7.64. The van der Waals surface area contributed by atoms with E-state index in [2.05, 4.69) is 12.2 Å². The number of para-hydroxylation sites is 1. The molecule has 0 aromatic heterocycles. The summed E-state index contributed by atoms with van der Waals surface area (Å²) < 4.78 is 19.4. The summed E-state index contributed by atoms with van der Waals surface area (Å²) in [5.41, 5.74) is 0.897. The molecule has 0 heterocycles. The van der Waals surface area contributed by atoms with Crippen molar-refractivity contribution in [2.45, 2.75) is 46.1 Å². The third-order valence-corrected chi connectivity index (χ3v) is 2.97. The van der Waals surface area contributed by atoms with Crippen molar-refractivity contribution in [3.63, 3.8) is 0 Å². The predicted octanol–water partition coefficient (Wildman–Crippen LogP) is 4.07. The van der Waals surface area contributed by atoms with Gasteiger partial charge in [-0.3, -0.25) is 0 Å². The fraction of sp³-hybridized carbons (Fsp3) is 0.600. The van der Waals surface area contributed by atoms with Gasteiger partial charge in [-0.05, 0) is 26.0 Å². The van der Waals surface area contributed by atoms with Crippen LogP contribution in [0.3, 0.4) is 0 Å². The van der Waals surface area contributed by atoms with Crippen molar-refractivity contribution < 1.29 is 9.13 Å². The van der Waals surface area contributed by atoms with Gasteiger partial charge in [0, 0.05) is 11.6 Å². The number of nitrogens with one attached hydrogen (secondary N) is 1. The molecule has 102 valence electrons. The Balaban J connectivity index is 2.73. The van der Waals surface area contributed by atoms with E-state index < -0.39 is 0 Å². The van der Waals surface area contributed by atoms with E-state index in [9.17, 15) is 4.39 Å². The average Bonchev–Trinajstić information content (AvgIpc) is 2.36. The molecule has 18 heavy (non-hydrogen) atoms. The van der Waals surface area contributed by atoms with Crippen LogP contribution >= 0.6 is 0 Å². The maximum absolute atomic E-state index is 13.8. The average molecular weight is 253 g/mol. The summed E-state index contributed by atoms with van der Waals surface area (Å²) >= 11 is 0. The molecule has 0 amide bonds. The van der Waals surface area contributed by atoms with Crippen LogP contribution in [0.25, 0.3) is 0 Å². The SMILES string of the molecule is CCCCCOc1c(F)cccc1C(C)NCC. The Labute approximate surface area is 110 Å². The molecular formula is C15H24FNO. The van der Waals surface area contributed by atoms with E-state index in [1.165, 1.54) is 6.07 Å². The predicted molar refractivity (Wildman–Crippen MR) is 73.5 cm³/mol. The van der Waals surface area contributed by atoms with Gasteiger partial charge in [0.05, 0.1) is 6.61 Å². The largest absolute Gasteiger partial charge is 0.490 e. The summed E-state index contributed by atoms with van der Waals surface area (Å²) in [4.78, 5) is 0. The zero-order chi connectivity index (χ0) is 13.4. The maximum atomic E-state index is 13.8. The van der Waals surface area contributed by atoms with Crippen molar-refractivity contribution in [1.82, 2.24) is 5.32 Å². The molecule has 1 aromatic carbocycles. The summed E-state index contributed by atoms with van der Waals surface area (Å²) in [6, 6.07) is 5.21. The molecule has 1 N–H and O–H groups in total. The fourth-order valence-electron chi connectivity index (χ4n) is 1.96. The number of halogens is 1. The number of unbranched alkanes of at least 4 members (excludes halogenated alkanes) is 2. The van der Waals surface area contributed by atoms with Gasteiger partial charge in [-0.1, -0.05) is 38.8 Å². The number of rotatable bonds is 8. The first-order valence-electron chi connectivity index (χ1n) is 6.85. The van der Waals surface area contributed by atoms with Gasteiger partial charge in [0.1, 0.15) is 0 Å². The van der Waals surface area contributed by atoms with Crippen molar-refractivity contribution in [3.8, 4) is 5.75 Å². The minimum atomic E-state index is -0.270. The smallest absolute Gasteiger partial charge is 0.165 e. The Hall–Kier alpha value is -1.09. The molecule has 0 radical (unpaired) electrons. The van der Waals surface area contributed by atoms with Crippen LogP contribution in [0.2, 0.25) is 0 Å². The van der Waals surface area contributed by atoms with E-state index in [0.29, 0.717) is 12.4 Å². The van der Waals surface area contributed by atoms with Gasteiger partial charge in [0.2, 0.25) is 0 Å². The number of hydrogen-bond donors (Lipinski definition) is 1. The second-order valence-electron chi connectivity index (χ2n) is 4.49. The van der Waals surface area contributed by atoms with Crippen molar-refractivity contribution in [1.29, 1.82) is 0 Å².